The van der Waals surface area contributed by atoms with Gasteiger partial charge in [-0.05, 0) is 53.4 Å². The summed E-state index contributed by atoms with van der Waals surface area (Å²) in [6, 6.07) is 18.7. The lowest BCUT2D eigenvalue weighted by Crippen LogP contribution is -2.37. The van der Waals surface area contributed by atoms with Crippen LogP contribution in [-0.4, -0.2) is 47.3 Å². The number of benzene rings is 3. The van der Waals surface area contributed by atoms with Crippen molar-refractivity contribution in [2.75, 3.05) is 42.0 Å². The first-order valence-electron chi connectivity index (χ1n) is 11.8. The van der Waals surface area contributed by atoms with E-state index in [-0.39, 0.29) is 22.8 Å². The molecule has 2 N–H and O–H groups in total. The highest BCUT2D eigenvalue weighted by molar-refractivity contribution is 7.92. The molecule has 0 aliphatic rings. The number of anilines is 3. The van der Waals surface area contributed by atoms with Crippen LogP contribution in [0.4, 0.5) is 17.1 Å². The zero-order valence-electron chi connectivity index (χ0n) is 22.4. The van der Waals surface area contributed by atoms with Gasteiger partial charge in [0.1, 0.15) is 18.0 Å². The van der Waals surface area contributed by atoms with E-state index in [1.807, 2.05) is 12.1 Å². The lowest BCUT2D eigenvalue weighted by molar-refractivity contribution is -0.114. The fourth-order valence-electron chi connectivity index (χ4n) is 3.70. The molecule has 3 aromatic rings. The van der Waals surface area contributed by atoms with Gasteiger partial charge < -0.3 is 20.1 Å². The number of carbonyl (C=O) groups excluding carboxylic acids is 2. The van der Waals surface area contributed by atoms with Gasteiger partial charge in [-0.2, -0.15) is 0 Å². The molecule has 0 saturated carbocycles. The quantitative estimate of drug-likeness (QED) is 0.409. The van der Waals surface area contributed by atoms with Crippen molar-refractivity contribution in [2.24, 2.45) is 0 Å². The molecule has 0 spiro atoms. The largest absolute Gasteiger partial charge is 0.497 e. The maximum absolute atomic E-state index is 12.9. The van der Waals surface area contributed by atoms with E-state index in [0.29, 0.717) is 22.7 Å². The van der Waals surface area contributed by atoms with Gasteiger partial charge in [0.25, 0.3) is 5.91 Å². The van der Waals surface area contributed by atoms with E-state index in [2.05, 4.69) is 31.4 Å². The molecule has 0 aromatic heterocycles. The van der Waals surface area contributed by atoms with E-state index < -0.39 is 22.5 Å². The lowest BCUT2D eigenvalue weighted by atomic mass is 9.87. The van der Waals surface area contributed by atoms with Crippen molar-refractivity contribution in [3.8, 4) is 11.5 Å². The van der Waals surface area contributed by atoms with Crippen molar-refractivity contribution in [3.63, 3.8) is 0 Å². The van der Waals surface area contributed by atoms with Gasteiger partial charge in [0.15, 0.2) is 0 Å². The Balaban J connectivity index is 1.74. The number of rotatable bonds is 9. The van der Waals surface area contributed by atoms with Crippen molar-refractivity contribution < 1.29 is 27.5 Å². The maximum Gasteiger partial charge on any atom is 0.255 e. The fourth-order valence-corrected chi connectivity index (χ4v) is 4.56. The Kier molecular flexibility index (Phi) is 8.67. The third-order valence-corrected chi connectivity index (χ3v) is 6.89. The van der Waals surface area contributed by atoms with Crippen LogP contribution in [0.2, 0.25) is 0 Å². The SMILES string of the molecule is COc1ccc(OC)c(N(CC(=O)Nc2cccc(NC(=O)c3ccc(C(C)(C)C)cc3)c2)S(C)(=O)=O)c1. The van der Waals surface area contributed by atoms with Gasteiger partial charge in [-0.1, -0.05) is 39.0 Å². The number of amides is 2. The molecule has 3 rings (SSSR count). The molecule has 0 aliphatic carbocycles. The second-order valence-corrected chi connectivity index (χ2v) is 11.6. The normalized spacial score (nSPS) is 11.4. The van der Waals surface area contributed by atoms with E-state index in [9.17, 15) is 18.0 Å². The molecule has 202 valence electrons. The Morgan fingerprint density at radius 1 is 0.868 bits per heavy atom. The van der Waals surface area contributed by atoms with E-state index in [0.717, 1.165) is 16.1 Å². The maximum atomic E-state index is 12.9. The van der Waals surface area contributed by atoms with Gasteiger partial charge in [-0.3, -0.25) is 13.9 Å². The zero-order valence-corrected chi connectivity index (χ0v) is 23.2. The van der Waals surface area contributed by atoms with Gasteiger partial charge in [-0.25, -0.2) is 8.42 Å². The number of hydrogen-bond acceptors (Lipinski definition) is 6. The minimum Gasteiger partial charge on any atom is -0.497 e. The summed E-state index contributed by atoms with van der Waals surface area (Å²) >= 11 is 0. The molecular weight excluding hydrogens is 506 g/mol. The number of carbonyl (C=O) groups is 2. The molecular formula is C28H33N3O6S. The lowest BCUT2D eigenvalue weighted by Gasteiger charge is -2.24. The van der Waals surface area contributed by atoms with Crippen molar-refractivity contribution in [1.82, 2.24) is 0 Å². The first-order valence-corrected chi connectivity index (χ1v) is 13.7. The molecule has 0 saturated heterocycles. The van der Waals surface area contributed by atoms with Gasteiger partial charge in [0.2, 0.25) is 15.9 Å². The molecule has 0 heterocycles. The second-order valence-electron chi connectivity index (χ2n) is 9.72. The molecule has 10 heteroatoms. The van der Waals surface area contributed by atoms with Crippen LogP contribution in [0.25, 0.3) is 0 Å². The molecule has 0 radical (unpaired) electrons. The Morgan fingerprint density at radius 2 is 1.50 bits per heavy atom. The molecule has 0 unspecified atom stereocenters. The molecule has 38 heavy (non-hydrogen) atoms. The first-order chi connectivity index (χ1) is 17.8. The standard InChI is InChI=1S/C28H33N3O6S/c1-28(2,3)20-12-10-19(11-13-20)27(33)30-22-9-7-8-21(16-22)29-26(32)18-31(38(6,34)35)24-17-23(36-4)14-15-25(24)37-5/h7-17H,18H2,1-6H3,(H,29,32)(H,30,33). The number of hydrogen-bond donors (Lipinski definition) is 2. The first kappa shape index (κ1) is 28.5. The monoisotopic (exact) mass is 539 g/mol. The van der Waals surface area contributed by atoms with Gasteiger partial charge in [-0.15, -0.1) is 0 Å². The smallest absolute Gasteiger partial charge is 0.255 e. The van der Waals surface area contributed by atoms with Crippen LogP contribution in [0.15, 0.2) is 66.7 Å². The number of nitrogens with one attached hydrogen (secondary N) is 2. The predicted octanol–water partition coefficient (Wildman–Crippen LogP) is 4.66. The number of methoxy groups -OCH3 is 2. The summed E-state index contributed by atoms with van der Waals surface area (Å²) in [6.45, 7) is 5.80. The van der Waals surface area contributed by atoms with Crippen LogP contribution in [0, 0.1) is 0 Å². The molecule has 2 amide bonds. The van der Waals surface area contributed by atoms with Crippen LogP contribution in [0.5, 0.6) is 11.5 Å². The Hall–Kier alpha value is -4.05. The number of nitrogens with zero attached hydrogens (tertiary/aromatic N) is 1. The van der Waals surface area contributed by atoms with E-state index in [1.54, 1.807) is 48.5 Å². The van der Waals surface area contributed by atoms with Crippen LogP contribution >= 0.6 is 0 Å². The van der Waals surface area contributed by atoms with Gasteiger partial charge >= 0.3 is 0 Å². The third kappa shape index (κ3) is 7.25. The third-order valence-electron chi connectivity index (χ3n) is 5.76. The van der Waals surface area contributed by atoms with Gasteiger partial charge in [0, 0.05) is 23.0 Å². The average molecular weight is 540 g/mol. The van der Waals surface area contributed by atoms with Crippen molar-refractivity contribution in [2.45, 2.75) is 26.2 Å². The van der Waals surface area contributed by atoms with Crippen LogP contribution in [-0.2, 0) is 20.2 Å². The van der Waals surface area contributed by atoms with E-state index >= 15 is 0 Å². The minimum atomic E-state index is -3.85. The molecule has 0 atom stereocenters. The Morgan fingerprint density at radius 3 is 2.05 bits per heavy atom. The highest BCUT2D eigenvalue weighted by Gasteiger charge is 2.25. The summed E-state index contributed by atoms with van der Waals surface area (Å²) in [6.07, 6.45) is 1.00. The Labute approximate surface area is 223 Å². The van der Waals surface area contributed by atoms with E-state index in [4.69, 9.17) is 9.47 Å². The molecule has 0 fully saturated rings. The summed E-state index contributed by atoms with van der Waals surface area (Å²) < 4.78 is 36.6. The molecule has 3 aromatic carbocycles. The highest BCUT2D eigenvalue weighted by Crippen LogP contribution is 2.33. The van der Waals surface area contributed by atoms with Crippen LogP contribution in [0.3, 0.4) is 0 Å². The minimum absolute atomic E-state index is 0.0219. The topological polar surface area (TPSA) is 114 Å². The predicted molar refractivity (Wildman–Crippen MR) is 150 cm³/mol. The zero-order chi connectivity index (χ0) is 28.1. The number of ether oxygens (including phenoxy) is 2. The summed E-state index contributed by atoms with van der Waals surface area (Å²) in [5, 5.41) is 5.51. The van der Waals surface area contributed by atoms with Crippen LogP contribution in [0.1, 0.15) is 36.7 Å². The summed E-state index contributed by atoms with van der Waals surface area (Å²) in [5.74, 6) is -0.195. The molecule has 0 bridgehead atoms. The molecule has 0 aliphatic heterocycles. The summed E-state index contributed by atoms with van der Waals surface area (Å²) in [7, 11) is -0.989. The van der Waals surface area contributed by atoms with Crippen molar-refractivity contribution >= 4 is 38.9 Å². The fraction of sp³-hybridized carbons (Fsp3) is 0.286. The number of sulfonamides is 1. The molecule has 9 nitrogen and oxygen atoms in total. The highest BCUT2D eigenvalue weighted by atomic mass is 32.2. The van der Waals surface area contributed by atoms with Crippen LogP contribution < -0.4 is 24.4 Å². The van der Waals surface area contributed by atoms with E-state index in [1.165, 1.54) is 20.3 Å². The second kappa shape index (κ2) is 11.6. The van der Waals surface area contributed by atoms with Crippen molar-refractivity contribution in [3.05, 3.63) is 77.9 Å². The van der Waals surface area contributed by atoms with Gasteiger partial charge in [0.05, 0.1) is 26.2 Å². The Bertz CT molecular complexity index is 1410. The average Bonchev–Trinajstić information content (AvgIpc) is 2.86. The summed E-state index contributed by atoms with van der Waals surface area (Å²) in [5.41, 5.74) is 2.63. The summed E-state index contributed by atoms with van der Waals surface area (Å²) in [4.78, 5) is 25.6. The van der Waals surface area contributed by atoms with Crippen molar-refractivity contribution in [1.29, 1.82) is 0 Å².